The molecule has 1 aliphatic heterocycles. The van der Waals surface area contributed by atoms with Gasteiger partial charge in [0, 0.05) is 25.7 Å². The fourth-order valence-electron chi connectivity index (χ4n) is 2.48. The molecule has 0 amide bonds. The molecular formula is C15H21N3O2. The Bertz CT molecular complexity index is 454. The van der Waals surface area contributed by atoms with Crippen molar-refractivity contribution in [3.05, 3.63) is 23.8 Å². The Hall–Kier alpha value is -1.77. The summed E-state index contributed by atoms with van der Waals surface area (Å²) in [5, 5.41) is 12.9. The van der Waals surface area contributed by atoms with E-state index in [4.69, 9.17) is 9.47 Å². The van der Waals surface area contributed by atoms with E-state index in [0.717, 1.165) is 38.2 Å². The minimum Gasteiger partial charge on any atom is -0.497 e. The number of benzene rings is 1. The van der Waals surface area contributed by atoms with Gasteiger partial charge in [-0.15, -0.1) is 0 Å². The monoisotopic (exact) mass is 275 g/mol. The van der Waals surface area contributed by atoms with Crippen LogP contribution in [0, 0.1) is 11.3 Å². The van der Waals surface area contributed by atoms with E-state index in [2.05, 4.69) is 16.3 Å². The molecule has 0 spiro atoms. The molecule has 0 saturated carbocycles. The first-order valence-electron chi connectivity index (χ1n) is 6.86. The molecule has 0 bridgehead atoms. The normalized spacial score (nSPS) is 17.9. The first kappa shape index (κ1) is 14.6. The Kier molecular flexibility index (Phi) is 5.22. The van der Waals surface area contributed by atoms with Crippen LogP contribution in [0.3, 0.4) is 0 Å². The zero-order valence-corrected chi connectivity index (χ0v) is 12.1. The van der Waals surface area contributed by atoms with Gasteiger partial charge in [0.25, 0.3) is 0 Å². The first-order chi connectivity index (χ1) is 9.78. The van der Waals surface area contributed by atoms with E-state index in [-0.39, 0.29) is 6.04 Å². The molecule has 1 heterocycles. The Balaban J connectivity index is 2.28. The molecule has 0 aliphatic carbocycles. The van der Waals surface area contributed by atoms with Gasteiger partial charge < -0.3 is 14.8 Å². The van der Waals surface area contributed by atoms with Gasteiger partial charge in [0.15, 0.2) is 0 Å². The molecule has 0 radical (unpaired) electrons. The van der Waals surface area contributed by atoms with Crippen LogP contribution >= 0.6 is 0 Å². The van der Waals surface area contributed by atoms with Crippen LogP contribution in [-0.2, 0) is 0 Å². The lowest BCUT2D eigenvalue weighted by Crippen LogP contribution is -2.31. The van der Waals surface area contributed by atoms with Crippen molar-refractivity contribution in [3.8, 4) is 17.6 Å². The van der Waals surface area contributed by atoms with E-state index in [1.54, 1.807) is 14.2 Å². The zero-order chi connectivity index (χ0) is 14.4. The minimum atomic E-state index is -0.265. The lowest BCUT2D eigenvalue weighted by Gasteiger charge is -2.25. The molecule has 5 heteroatoms. The second kappa shape index (κ2) is 7.13. The third-order valence-corrected chi connectivity index (χ3v) is 3.55. The van der Waals surface area contributed by atoms with Crippen molar-refractivity contribution in [3.63, 3.8) is 0 Å². The fourth-order valence-corrected chi connectivity index (χ4v) is 2.48. The average Bonchev–Trinajstić information content (AvgIpc) is 2.77. The molecule has 1 atom stereocenters. The summed E-state index contributed by atoms with van der Waals surface area (Å²) in [5.74, 6) is 1.43. The maximum Gasteiger partial charge on any atom is 0.124 e. The van der Waals surface area contributed by atoms with E-state index in [9.17, 15) is 5.26 Å². The number of hydrogen-bond donors (Lipinski definition) is 1. The molecule has 108 valence electrons. The number of nitriles is 1. The van der Waals surface area contributed by atoms with Crippen LogP contribution in [-0.4, -0.2) is 45.3 Å². The number of nitrogens with one attached hydrogen (secondary N) is 1. The number of rotatable bonds is 4. The topological polar surface area (TPSA) is 57.5 Å². The number of nitrogens with zero attached hydrogens (tertiary/aromatic N) is 2. The Morgan fingerprint density at radius 1 is 1.15 bits per heavy atom. The predicted molar refractivity (Wildman–Crippen MR) is 77.0 cm³/mol. The molecule has 5 nitrogen and oxygen atoms in total. The summed E-state index contributed by atoms with van der Waals surface area (Å²) in [6.07, 6.45) is 1.05. The Labute approximate surface area is 120 Å². The fraction of sp³-hybridized carbons (Fsp3) is 0.533. The van der Waals surface area contributed by atoms with Gasteiger partial charge in [0.1, 0.15) is 17.5 Å². The van der Waals surface area contributed by atoms with Gasteiger partial charge in [-0.05, 0) is 30.7 Å². The minimum absolute atomic E-state index is 0.265. The number of hydrogen-bond acceptors (Lipinski definition) is 5. The van der Waals surface area contributed by atoms with Crippen LogP contribution in [0.4, 0.5) is 0 Å². The smallest absolute Gasteiger partial charge is 0.124 e. The van der Waals surface area contributed by atoms with E-state index >= 15 is 0 Å². The van der Waals surface area contributed by atoms with Crippen molar-refractivity contribution >= 4 is 0 Å². The predicted octanol–water partition coefficient (Wildman–Crippen LogP) is 1.56. The molecular weight excluding hydrogens is 254 g/mol. The van der Waals surface area contributed by atoms with Crippen molar-refractivity contribution in [2.24, 2.45) is 0 Å². The van der Waals surface area contributed by atoms with Crippen LogP contribution in [0.5, 0.6) is 11.5 Å². The van der Waals surface area contributed by atoms with Gasteiger partial charge in [-0.25, -0.2) is 0 Å². The number of ether oxygens (including phenoxy) is 2. The van der Waals surface area contributed by atoms with Crippen LogP contribution in [0.15, 0.2) is 18.2 Å². The summed E-state index contributed by atoms with van der Waals surface area (Å²) >= 11 is 0. The van der Waals surface area contributed by atoms with Crippen LogP contribution < -0.4 is 14.8 Å². The second-order valence-electron chi connectivity index (χ2n) is 4.82. The van der Waals surface area contributed by atoms with Crippen molar-refractivity contribution in [2.45, 2.75) is 12.5 Å². The van der Waals surface area contributed by atoms with Crippen molar-refractivity contribution in [2.75, 3.05) is 40.4 Å². The first-order valence-corrected chi connectivity index (χ1v) is 6.86. The van der Waals surface area contributed by atoms with Crippen molar-refractivity contribution in [1.29, 1.82) is 5.26 Å². The number of methoxy groups -OCH3 is 2. The average molecular weight is 275 g/mol. The third-order valence-electron chi connectivity index (χ3n) is 3.55. The lowest BCUT2D eigenvalue weighted by molar-refractivity contribution is 0.251. The van der Waals surface area contributed by atoms with Crippen molar-refractivity contribution in [1.82, 2.24) is 10.2 Å². The Morgan fingerprint density at radius 3 is 2.45 bits per heavy atom. The summed E-state index contributed by atoms with van der Waals surface area (Å²) < 4.78 is 10.6. The lowest BCUT2D eigenvalue weighted by atomic mass is 10.1. The standard InChI is InChI=1S/C15H21N3O2/c1-19-13-8-12(9-14(10-13)20-2)15(11-16)18-6-3-4-17-5-7-18/h8-10,15,17H,3-7H2,1-2H3. The van der Waals surface area contributed by atoms with Crippen LogP contribution in [0.1, 0.15) is 18.0 Å². The van der Waals surface area contributed by atoms with Crippen LogP contribution in [0.25, 0.3) is 0 Å². The molecule has 1 aromatic rings. The highest BCUT2D eigenvalue weighted by Gasteiger charge is 2.22. The van der Waals surface area contributed by atoms with Gasteiger partial charge in [-0.3, -0.25) is 4.90 Å². The summed E-state index contributed by atoms with van der Waals surface area (Å²) in [5.41, 5.74) is 0.922. The molecule has 1 saturated heterocycles. The quantitative estimate of drug-likeness (QED) is 0.904. The molecule has 1 aromatic carbocycles. The molecule has 1 aliphatic rings. The summed E-state index contributed by atoms with van der Waals surface area (Å²) in [7, 11) is 3.24. The highest BCUT2D eigenvalue weighted by molar-refractivity contribution is 5.41. The zero-order valence-electron chi connectivity index (χ0n) is 12.1. The van der Waals surface area contributed by atoms with Crippen molar-refractivity contribution < 1.29 is 9.47 Å². The molecule has 1 unspecified atom stereocenters. The molecule has 1 fully saturated rings. The van der Waals surface area contributed by atoms with E-state index in [1.165, 1.54) is 0 Å². The summed E-state index contributed by atoms with van der Waals surface area (Å²) in [4.78, 5) is 2.20. The summed E-state index contributed by atoms with van der Waals surface area (Å²) in [6, 6.07) is 7.78. The largest absolute Gasteiger partial charge is 0.497 e. The maximum atomic E-state index is 9.56. The van der Waals surface area contributed by atoms with Gasteiger partial charge in [0.05, 0.1) is 20.3 Å². The van der Waals surface area contributed by atoms with Gasteiger partial charge >= 0.3 is 0 Å². The second-order valence-corrected chi connectivity index (χ2v) is 4.82. The van der Waals surface area contributed by atoms with Gasteiger partial charge in [0.2, 0.25) is 0 Å². The highest BCUT2D eigenvalue weighted by atomic mass is 16.5. The van der Waals surface area contributed by atoms with Gasteiger partial charge in [-0.1, -0.05) is 0 Å². The van der Waals surface area contributed by atoms with Crippen LogP contribution in [0.2, 0.25) is 0 Å². The summed E-state index contributed by atoms with van der Waals surface area (Å²) in [6.45, 7) is 3.72. The van der Waals surface area contributed by atoms with E-state index in [1.807, 2.05) is 18.2 Å². The molecule has 2 rings (SSSR count). The molecule has 1 N–H and O–H groups in total. The maximum absolute atomic E-state index is 9.56. The highest BCUT2D eigenvalue weighted by Crippen LogP contribution is 2.29. The molecule has 0 aromatic heterocycles. The van der Waals surface area contributed by atoms with E-state index in [0.29, 0.717) is 11.5 Å². The SMILES string of the molecule is COc1cc(OC)cc(C(C#N)N2CCCNCC2)c1. The van der Waals surface area contributed by atoms with Gasteiger partial charge in [-0.2, -0.15) is 5.26 Å². The third kappa shape index (κ3) is 3.41. The molecule has 20 heavy (non-hydrogen) atoms. The van der Waals surface area contributed by atoms with E-state index < -0.39 is 0 Å². The Morgan fingerprint density at radius 2 is 1.85 bits per heavy atom.